The zero-order chi connectivity index (χ0) is 12.7. The van der Waals surface area contributed by atoms with Gasteiger partial charge in [-0.15, -0.1) is 0 Å². The molecule has 2 nitrogen and oxygen atoms in total. The van der Waals surface area contributed by atoms with Crippen LogP contribution in [0, 0.1) is 0 Å². The first-order valence-electron chi connectivity index (χ1n) is 6.70. The van der Waals surface area contributed by atoms with E-state index in [1.165, 1.54) is 31.7 Å². The lowest BCUT2D eigenvalue weighted by molar-refractivity contribution is 0.445. The van der Waals surface area contributed by atoms with Crippen LogP contribution in [0.25, 0.3) is 0 Å². The summed E-state index contributed by atoms with van der Waals surface area (Å²) in [5, 5.41) is 19.0. The highest BCUT2D eigenvalue weighted by Gasteiger charge is 2.11. The lowest BCUT2D eigenvalue weighted by Gasteiger charge is -2.15. The van der Waals surface area contributed by atoms with E-state index >= 15 is 0 Å². The number of hydrogen-bond donors (Lipinski definition) is 2. The van der Waals surface area contributed by atoms with E-state index in [2.05, 4.69) is 13.8 Å². The third-order valence-electron chi connectivity index (χ3n) is 3.30. The van der Waals surface area contributed by atoms with Crippen LogP contribution in [0.2, 0.25) is 0 Å². The lowest BCUT2D eigenvalue weighted by Crippen LogP contribution is -1.97. The SMILES string of the molecule is CCCCCC[C@@H](CC)c1cc(O)cc(O)c1. The Labute approximate surface area is 104 Å². The molecule has 17 heavy (non-hydrogen) atoms. The maximum Gasteiger partial charge on any atom is 0.119 e. The molecule has 1 atom stereocenters. The van der Waals surface area contributed by atoms with Crippen molar-refractivity contribution in [2.75, 3.05) is 0 Å². The molecule has 2 N–H and O–H groups in total. The molecule has 0 saturated carbocycles. The Kier molecular flexibility index (Phi) is 5.88. The summed E-state index contributed by atoms with van der Waals surface area (Å²) in [5.74, 6) is 0.767. The number of benzene rings is 1. The number of aromatic hydroxyl groups is 2. The van der Waals surface area contributed by atoms with Crippen LogP contribution in [-0.2, 0) is 0 Å². The minimum atomic E-state index is 0.159. The predicted octanol–water partition coefficient (Wildman–Crippen LogP) is 4.56. The van der Waals surface area contributed by atoms with Gasteiger partial charge < -0.3 is 10.2 Å². The maximum absolute atomic E-state index is 9.49. The first kappa shape index (κ1) is 13.9. The van der Waals surface area contributed by atoms with Gasteiger partial charge >= 0.3 is 0 Å². The number of phenols is 2. The van der Waals surface area contributed by atoms with Crippen LogP contribution in [0.1, 0.15) is 63.9 Å². The molecule has 0 aliphatic rings. The van der Waals surface area contributed by atoms with E-state index in [1.807, 2.05) is 0 Å². The highest BCUT2D eigenvalue weighted by atomic mass is 16.3. The molecule has 2 heteroatoms. The third-order valence-corrected chi connectivity index (χ3v) is 3.30. The van der Waals surface area contributed by atoms with Crippen molar-refractivity contribution in [2.24, 2.45) is 0 Å². The number of phenolic OH excluding ortho intramolecular Hbond substituents is 2. The second-order valence-corrected chi connectivity index (χ2v) is 4.74. The molecule has 0 aliphatic carbocycles. The molecule has 0 saturated heterocycles. The van der Waals surface area contributed by atoms with Crippen molar-refractivity contribution >= 4 is 0 Å². The molecule has 0 fully saturated rings. The van der Waals surface area contributed by atoms with E-state index in [0.29, 0.717) is 5.92 Å². The van der Waals surface area contributed by atoms with Crippen molar-refractivity contribution in [3.63, 3.8) is 0 Å². The van der Waals surface area contributed by atoms with Crippen molar-refractivity contribution in [2.45, 2.75) is 58.3 Å². The number of hydrogen-bond acceptors (Lipinski definition) is 2. The van der Waals surface area contributed by atoms with Gasteiger partial charge in [0.15, 0.2) is 0 Å². The van der Waals surface area contributed by atoms with Gasteiger partial charge in [-0.1, -0.05) is 39.5 Å². The Morgan fingerprint density at radius 3 is 2.12 bits per heavy atom. The molecule has 1 rings (SSSR count). The molecule has 0 unspecified atom stereocenters. The summed E-state index contributed by atoms with van der Waals surface area (Å²) in [6.07, 6.45) is 7.24. The van der Waals surface area contributed by atoms with Crippen molar-refractivity contribution in [1.29, 1.82) is 0 Å². The van der Waals surface area contributed by atoms with Crippen molar-refractivity contribution < 1.29 is 10.2 Å². The standard InChI is InChI=1S/C15H24O2/c1-3-5-6-7-8-12(4-2)13-9-14(16)11-15(17)10-13/h9-12,16-17H,3-8H2,1-2H3/t12-/m1/s1. The average Bonchev–Trinajstić information content (AvgIpc) is 2.28. The molecule has 0 aliphatic heterocycles. The molecule has 0 radical (unpaired) electrons. The molecule has 0 spiro atoms. The van der Waals surface area contributed by atoms with E-state index in [4.69, 9.17) is 0 Å². The van der Waals surface area contributed by atoms with E-state index in [-0.39, 0.29) is 11.5 Å². The minimum Gasteiger partial charge on any atom is -0.508 e. The summed E-state index contributed by atoms with van der Waals surface area (Å²) in [7, 11) is 0. The van der Waals surface area contributed by atoms with Crippen LogP contribution in [0.4, 0.5) is 0 Å². The van der Waals surface area contributed by atoms with Crippen LogP contribution in [0.5, 0.6) is 11.5 Å². The van der Waals surface area contributed by atoms with Gasteiger partial charge in [0.25, 0.3) is 0 Å². The predicted molar refractivity (Wildman–Crippen MR) is 71.6 cm³/mol. The van der Waals surface area contributed by atoms with Gasteiger partial charge in [0.05, 0.1) is 0 Å². The monoisotopic (exact) mass is 236 g/mol. The smallest absolute Gasteiger partial charge is 0.119 e. The summed E-state index contributed by atoms with van der Waals surface area (Å²) in [4.78, 5) is 0. The van der Waals surface area contributed by atoms with Crippen LogP contribution >= 0.6 is 0 Å². The lowest BCUT2D eigenvalue weighted by atomic mass is 9.90. The molecule has 0 amide bonds. The van der Waals surface area contributed by atoms with Gasteiger partial charge in [-0.2, -0.15) is 0 Å². The fourth-order valence-corrected chi connectivity index (χ4v) is 2.28. The highest BCUT2D eigenvalue weighted by Crippen LogP contribution is 2.31. The quantitative estimate of drug-likeness (QED) is 0.681. The van der Waals surface area contributed by atoms with Crippen LogP contribution in [-0.4, -0.2) is 10.2 Å². The van der Waals surface area contributed by atoms with Gasteiger partial charge in [-0.25, -0.2) is 0 Å². The Hall–Kier alpha value is -1.18. The van der Waals surface area contributed by atoms with Crippen molar-refractivity contribution in [3.05, 3.63) is 23.8 Å². The van der Waals surface area contributed by atoms with Gasteiger partial charge in [0.1, 0.15) is 11.5 Å². The van der Waals surface area contributed by atoms with Gasteiger partial charge in [-0.05, 0) is 36.5 Å². The fourth-order valence-electron chi connectivity index (χ4n) is 2.28. The summed E-state index contributed by atoms with van der Waals surface area (Å²) in [6.45, 7) is 4.37. The average molecular weight is 236 g/mol. The van der Waals surface area contributed by atoms with E-state index < -0.39 is 0 Å². The first-order chi connectivity index (χ1) is 8.17. The highest BCUT2D eigenvalue weighted by molar-refractivity contribution is 5.38. The van der Waals surface area contributed by atoms with E-state index in [0.717, 1.165) is 18.4 Å². The molecule has 0 bridgehead atoms. The molecular weight excluding hydrogens is 212 g/mol. The van der Waals surface area contributed by atoms with Gasteiger partial charge in [0, 0.05) is 6.07 Å². The molecule has 1 aromatic rings. The zero-order valence-electron chi connectivity index (χ0n) is 10.9. The second-order valence-electron chi connectivity index (χ2n) is 4.74. The van der Waals surface area contributed by atoms with Crippen molar-refractivity contribution in [3.8, 4) is 11.5 Å². The third kappa shape index (κ3) is 4.68. The van der Waals surface area contributed by atoms with Gasteiger partial charge in [-0.3, -0.25) is 0 Å². The first-order valence-corrected chi connectivity index (χ1v) is 6.70. The molecule has 1 aromatic carbocycles. The zero-order valence-corrected chi connectivity index (χ0v) is 10.9. The second kappa shape index (κ2) is 7.21. The summed E-state index contributed by atoms with van der Waals surface area (Å²) >= 11 is 0. The van der Waals surface area contributed by atoms with Crippen LogP contribution in [0.3, 0.4) is 0 Å². The fraction of sp³-hybridized carbons (Fsp3) is 0.600. The Bertz CT molecular complexity index is 313. The normalized spacial score (nSPS) is 12.6. The largest absolute Gasteiger partial charge is 0.508 e. The number of unbranched alkanes of at least 4 members (excludes halogenated alkanes) is 3. The summed E-state index contributed by atoms with van der Waals surface area (Å²) in [5.41, 5.74) is 1.06. The molecular formula is C15H24O2. The van der Waals surface area contributed by atoms with E-state index in [1.54, 1.807) is 12.1 Å². The molecule has 0 heterocycles. The number of rotatable bonds is 7. The molecule has 96 valence electrons. The van der Waals surface area contributed by atoms with Crippen molar-refractivity contribution in [1.82, 2.24) is 0 Å². The Balaban J connectivity index is 2.59. The van der Waals surface area contributed by atoms with Crippen LogP contribution < -0.4 is 0 Å². The molecule has 0 aromatic heterocycles. The minimum absolute atomic E-state index is 0.159. The topological polar surface area (TPSA) is 40.5 Å². The van der Waals surface area contributed by atoms with Crippen LogP contribution in [0.15, 0.2) is 18.2 Å². The maximum atomic E-state index is 9.49. The summed E-state index contributed by atoms with van der Waals surface area (Å²) in [6, 6.07) is 4.93. The Morgan fingerprint density at radius 1 is 0.941 bits per heavy atom. The van der Waals surface area contributed by atoms with Gasteiger partial charge in [0.2, 0.25) is 0 Å². The summed E-state index contributed by atoms with van der Waals surface area (Å²) < 4.78 is 0. The van der Waals surface area contributed by atoms with E-state index in [9.17, 15) is 10.2 Å². The Morgan fingerprint density at radius 2 is 1.59 bits per heavy atom.